The summed E-state index contributed by atoms with van der Waals surface area (Å²) in [5.74, 6) is -1.19. The topological polar surface area (TPSA) is 111 Å². The van der Waals surface area contributed by atoms with Gasteiger partial charge in [0.15, 0.2) is 0 Å². The number of para-hydroxylation sites is 1. The fourth-order valence-corrected chi connectivity index (χ4v) is 4.40. The molecule has 3 heterocycles. The molecule has 4 aromatic rings. The van der Waals surface area contributed by atoms with Gasteiger partial charge in [-0.15, -0.1) is 0 Å². The lowest BCUT2D eigenvalue weighted by atomic mass is 10.0. The summed E-state index contributed by atoms with van der Waals surface area (Å²) in [5, 5.41) is 23.8. The van der Waals surface area contributed by atoms with E-state index in [2.05, 4.69) is 16.4 Å². The monoisotopic (exact) mass is 444 g/mol. The number of hydrogen-bond donors (Lipinski definition) is 4. The summed E-state index contributed by atoms with van der Waals surface area (Å²) >= 11 is 0. The molecule has 0 unspecified atom stereocenters. The smallest absolute Gasteiger partial charge is 0.255 e. The van der Waals surface area contributed by atoms with Crippen LogP contribution in [0.5, 0.6) is 5.75 Å². The number of aromatic amines is 1. The number of amides is 2. The third kappa shape index (κ3) is 3.85. The van der Waals surface area contributed by atoms with Crippen LogP contribution in [0.15, 0.2) is 67.0 Å². The first-order valence-corrected chi connectivity index (χ1v) is 10.8. The van der Waals surface area contributed by atoms with Gasteiger partial charge in [0.2, 0.25) is 5.91 Å². The van der Waals surface area contributed by atoms with Gasteiger partial charge in [-0.1, -0.05) is 18.2 Å². The lowest BCUT2D eigenvalue weighted by Gasteiger charge is -2.30. The fraction of sp³-hybridized carbons (Fsp3) is 0.200. The number of phenols is 1. The summed E-state index contributed by atoms with van der Waals surface area (Å²) in [6.07, 6.45) is 4.34. The molecular weight excluding hydrogens is 420 g/mol. The SMILES string of the molecule is O=C(N[C@@H](CO)C(=O)N1CCc2c([nH]c3ccccc23)C1)c1cc(-n2cccc2)ccc1O. The standard InChI is InChI=1S/C25H24N4O4/c30-15-22(27-24(32)19-13-16(7-8-23(19)31)28-10-3-4-11-28)25(33)29-12-9-18-17-5-1-2-6-20(17)26-21(18)14-29/h1-8,10-11,13,22,26,30-31H,9,12,14-15H2,(H,27,32)/t22-/m0/s1. The maximum absolute atomic E-state index is 13.1. The molecule has 5 rings (SSSR count). The lowest BCUT2D eigenvalue weighted by Crippen LogP contribution is -2.51. The number of nitrogens with zero attached hydrogens (tertiary/aromatic N) is 2. The second kappa shape index (κ2) is 8.48. The Kier molecular flexibility index (Phi) is 5.35. The van der Waals surface area contributed by atoms with Crippen molar-refractivity contribution in [2.75, 3.05) is 13.2 Å². The quantitative estimate of drug-likeness (QED) is 0.379. The Morgan fingerprint density at radius 1 is 1.09 bits per heavy atom. The van der Waals surface area contributed by atoms with Crippen molar-refractivity contribution < 1.29 is 19.8 Å². The maximum atomic E-state index is 13.1. The highest BCUT2D eigenvalue weighted by Crippen LogP contribution is 2.28. The molecule has 1 aliphatic rings. The van der Waals surface area contributed by atoms with Crippen molar-refractivity contribution >= 4 is 22.7 Å². The Balaban J connectivity index is 1.33. The molecule has 1 aliphatic heterocycles. The molecule has 33 heavy (non-hydrogen) atoms. The lowest BCUT2D eigenvalue weighted by molar-refractivity contribution is -0.135. The van der Waals surface area contributed by atoms with Crippen LogP contribution >= 0.6 is 0 Å². The van der Waals surface area contributed by atoms with E-state index < -0.39 is 18.6 Å². The van der Waals surface area contributed by atoms with Crippen LogP contribution in [-0.4, -0.2) is 55.7 Å². The number of H-pyrrole nitrogens is 1. The summed E-state index contributed by atoms with van der Waals surface area (Å²) in [4.78, 5) is 31.0. The van der Waals surface area contributed by atoms with E-state index in [0.29, 0.717) is 25.2 Å². The number of benzene rings is 2. The Morgan fingerprint density at radius 2 is 1.88 bits per heavy atom. The second-order valence-electron chi connectivity index (χ2n) is 8.14. The molecule has 2 amide bonds. The number of fused-ring (bicyclic) bond motifs is 3. The van der Waals surface area contributed by atoms with Crippen molar-refractivity contribution in [2.24, 2.45) is 0 Å². The van der Waals surface area contributed by atoms with E-state index in [1.807, 2.05) is 42.7 Å². The number of aliphatic hydroxyl groups excluding tert-OH is 1. The van der Waals surface area contributed by atoms with Crippen LogP contribution in [-0.2, 0) is 17.8 Å². The molecule has 4 N–H and O–H groups in total. The van der Waals surface area contributed by atoms with Crippen molar-refractivity contribution in [3.05, 3.63) is 83.8 Å². The Labute approximate surface area is 190 Å². The molecule has 8 nitrogen and oxygen atoms in total. The first-order chi connectivity index (χ1) is 16.0. The number of aromatic nitrogens is 2. The van der Waals surface area contributed by atoms with Gasteiger partial charge in [0.25, 0.3) is 5.91 Å². The molecule has 0 radical (unpaired) electrons. The van der Waals surface area contributed by atoms with Crippen LogP contribution in [0.2, 0.25) is 0 Å². The van der Waals surface area contributed by atoms with E-state index in [9.17, 15) is 19.8 Å². The maximum Gasteiger partial charge on any atom is 0.255 e. The molecule has 168 valence electrons. The highest BCUT2D eigenvalue weighted by Gasteiger charge is 2.30. The third-order valence-corrected chi connectivity index (χ3v) is 6.11. The molecule has 8 heteroatoms. The van der Waals surface area contributed by atoms with Gasteiger partial charge in [-0.25, -0.2) is 0 Å². The zero-order valence-electron chi connectivity index (χ0n) is 17.9. The minimum absolute atomic E-state index is 0.0315. The normalized spacial score (nSPS) is 14.2. The van der Waals surface area contributed by atoms with Crippen molar-refractivity contribution in [3.63, 3.8) is 0 Å². The van der Waals surface area contributed by atoms with Gasteiger partial charge in [0.05, 0.1) is 18.7 Å². The van der Waals surface area contributed by atoms with Crippen molar-refractivity contribution in [1.82, 2.24) is 19.8 Å². The van der Waals surface area contributed by atoms with Gasteiger partial charge in [-0.3, -0.25) is 9.59 Å². The molecule has 2 aromatic heterocycles. The summed E-state index contributed by atoms with van der Waals surface area (Å²) in [5.41, 5.74) is 3.92. The molecule has 0 spiro atoms. The number of hydrogen-bond acceptors (Lipinski definition) is 4. The Morgan fingerprint density at radius 3 is 2.67 bits per heavy atom. The van der Waals surface area contributed by atoms with Crippen LogP contribution in [0, 0.1) is 0 Å². The fourth-order valence-electron chi connectivity index (χ4n) is 4.40. The molecule has 0 fully saturated rings. The van der Waals surface area contributed by atoms with Crippen LogP contribution in [0.1, 0.15) is 21.6 Å². The van der Waals surface area contributed by atoms with E-state index in [4.69, 9.17) is 0 Å². The van der Waals surface area contributed by atoms with Crippen LogP contribution < -0.4 is 5.32 Å². The van der Waals surface area contributed by atoms with E-state index in [0.717, 1.165) is 16.6 Å². The van der Waals surface area contributed by atoms with Gasteiger partial charge in [0, 0.05) is 41.2 Å². The van der Waals surface area contributed by atoms with Crippen molar-refractivity contribution in [3.8, 4) is 11.4 Å². The van der Waals surface area contributed by atoms with Crippen LogP contribution in [0.25, 0.3) is 16.6 Å². The zero-order chi connectivity index (χ0) is 22.9. The van der Waals surface area contributed by atoms with Gasteiger partial charge in [-0.05, 0) is 48.4 Å². The summed E-state index contributed by atoms with van der Waals surface area (Å²) < 4.78 is 1.80. The van der Waals surface area contributed by atoms with Gasteiger partial charge in [-0.2, -0.15) is 0 Å². The molecule has 0 saturated carbocycles. The number of aromatic hydroxyl groups is 1. The average Bonchev–Trinajstić information content (AvgIpc) is 3.50. The first kappa shape index (κ1) is 20.8. The van der Waals surface area contributed by atoms with Crippen molar-refractivity contribution in [2.45, 2.75) is 19.0 Å². The van der Waals surface area contributed by atoms with Crippen LogP contribution in [0.3, 0.4) is 0 Å². The molecule has 0 saturated heterocycles. The number of carbonyl (C=O) groups is 2. The number of aliphatic hydroxyl groups is 1. The van der Waals surface area contributed by atoms with Crippen molar-refractivity contribution in [1.29, 1.82) is 0 Å². The average molecular weight is 444 g/mol. The largest absolute Gasteiger partial charge is 0.507 e. The van der Waals surface area contributed by atoms with Gasteiger partial charge >= 0.3 is 0 Å². The summed E-state index contributed by atoms with van der Waals surface area (Å²) in [7, 11) is 0. The Bertz CT molecular complexity index is 1330. The zero-order valence-corrected chi connectivity index (χ0v) is 17.9. The van der Waals surface area contributed by atoms with E-state index in [1.165, 1.54) is 11.6 Å². The number of rotatable bonds is 5. The second-order valence-corrected chi connectivity index (χ2v) is 8.14. The predicted octanol–water partition coefficient (Wildman–Crippen LogP) is 2.34. The highest BCUT2D eigenvalue weighted by atomic mass is 16.3. The Hall–Kier alpha value is -4.04. The number of nitrogens with one attached hydrogen (secondary N) is 2. The third-order valence-electron chi connectivity index (χ3n) is 6.11. The summed E-state index contributed by atoms with van der Waals surface area (Å²) in [6.45, 7) is 0.330. The molecular formula is C25H24N4O4. The highest BCUT2D eigenvalue weighted by molar-refractivity contribution is 6.00. The van der Waals surface area contributed by atoms with E-state index in [1.54, 1.807) is 21.6 Å². The predicted molar refractivity (Wildman–Crippen MR) is 123 cm³/mol. The van der Waals surface area contributed by atoms with Gasteiger partial charge < -0.3 is 30.0 Å². The van der Waals surface area contributed by atoms with Crippen LogP contribution in [0.4, 0.5) is 0 Å². The first-order valence-electron chi connectivity index (χ1n) is 10.8. The summed E-state index contributed by atoms with van der Waals surface area (Å²) in [6, 6.07) is 15.3. The molecule has 0 bridgehead atoms. The van der Waals surface area contributed by atoms with Gasteiger partial charge in [0.1, 0.15) is 11.8 Å². The minimum Gasteiger partial charge on any atom is -0.507 e. The number of phenolic OH excluding ortho intramolecular Hbond substituents is 1. The number of carbonyl (C=O) groups excluding carboxylic acids is 2. The molecule has 1 atom stereocenters. The van der Waals surface area contributed by atoms with E-state index >= 15 is 0 Å². The minimum atomic E-state index is -1.11. The molecule has 0 aliphatic carbocycles. The molecule has 2 aromatic carbocycles. The van der Waals surface area contributed by atoms with E-state index in [-0.39, 0.29) is 17.2 Å².